The summed E-state index contributed by atoms with van der Waals surface area (Å²) < 4.78 is 0. The largest absolute Gasteiger partial charge is 0.399 e. The molecule has 0 bridgehead atoms. The summed E-state index contributed by atoms with van der Waals surface area (Å²) in [6.07, 6.45) is 4.57. The maximum Gasteiger partial charge on any atom is 0.0243 e. The van der Waals surface area contributed by atoms with Crippen molar-refractivity contribution in [2.45, 2.75) is 13.3 Å². The summed E-state index contributed by atoms with van der Waals surface area (Å²) in [7, 11) is 0. The molecule has 0 heterocycles. The molecule has 0 saturated heterocycles. The third-order valence-electron chi connectivity index (χ3n) is 1.04. The Morgan fingerprint density at radius 1 is 1.67 bits per heavy atom. The van der Waals surface area contributed by atoms with Gasteiger partial charge in [0.15, 0.2) is 0 Å². The molecule has 0 atom stereocenters. The van der Waals surface area contributed by atoms with Gasteiger partial charge in [0, 0.05) is 5.70 Å². The molecule has 2 N–H and O–H groups in total. The molecule has 0 aliphatic rings. The molecule has 1 heteroatoms. The van der Waals surface area contributed by atoms with E-state index in [4.69, 9.17) is 5.73 Å². The highest BCUT2D eigenvalue weighted by atomic mass is 14.5. The van der Waals surface area contributed by atoms with E-state index in [9.17, 15) is 0 Å². The zero-order valence-electron chi connectivity index (χ0n) is 5.85. The van der Waals surface area contributed by atoms with Gasteiger partial charge in [0.1, 0.15) is 0 Å². The lowest BCUT2D eigenvalue weighted by molar-refractivity contribution is 1.14. The lowest BCUT2D eigenvalue weighted by Crippen LogP contribution is -1.90. The Labute approximate surface area is 56.6 Å². The maximum absolute atomic E-state index is 5.33. The van der Waals surface area contributed by atoms with Crippen LogP contribution >= 0.6 is 0 Å². The van der Waals surface area contributed by atoms with Gasteiger partial charge in [-0.3, -0.25) is 0 Å². The Bertz CT molecular complexity index is 143. The van der Waals surface area contributed by atoms with Crippen LogP contribution in [0.15, 0.2) is 36.6 Å². The molecule has 0 radical (unpaired) electrons. The zero-order valence-corrected chi connectivity index (χ0v) is 5.85. The second-order valence-corrected chi connectivity index (χ2v) is 1.85. The predicted molar refractivity (Wildman–Crippen MR) is 41.9 cm³/mol. The van der Waals surface area contributed by atoms with Crippen LogP contribution in [0.1, 0.15) is 13.3 Å². The molecular weight excluding hydrogens is 110 g/mol. The van der Waals surface area contributed by atoms with Gasteiger partial charge in [0.2, 0.25) is 0 Å². The minimum atomic E-state index is 0.590. The van der Waals surface area contributed by atoms with Gasteiger partial charge in [-0.1, -0.05) is 26.2 Å². The van der Waals surface area contributed by atoms with Crippen molar-refractivity contribution >= 4 is 0 Å². The summed E-state index contributed by atoms with van der Waals surface area (Å²) >= 11 is 0. The van der Waals surface area contributed by atoms with Crippen LogP contribution in [0.4, 0.5) is 0 Å². The van der Waals surface area contributed by atoms with E-state index in [-0.39, 0.29) is 0 Å². The first-order valence-corrected chi connectivity index (χ1v) is 2.98. The lowest BCUT2D eigenvalue weighted by atomic mass is 10.2. The molecule has 0 aromatic heterocycles. The van der Waals surface area contributed by atoms with Crippen molar-refractivity contribution in [3.05, 3.63) is 36.6 Å². The van der Waals surface area contributed by atoms with Crippen LogP contribution in [0.25, 0.3) is 0 Å². The molecule has 0 aromatic rings. The predicted octanol–water partition coefficient (Wildman–Crippen LogP) is 1.98. The number of nitrogens with two attached hydrogens (primary N) is 1. The molecule has 0 unspecified atom stereocenters. The maximum atomic E-state index is 5.33. The molecule has 0 aliphatic carbocycles. The van der Waals surface area contributed by atoms with Gasteiger partial charge >= 0.3 is 0 Å². The normalized spacial score (nSPS) is 11.0. The third-order valence-corrected chi connectivity index (χ3v) is 1.04. The fourth-order valence-electron chi connectivity index (χ4n) is 0.543. The molecule has 0 fully saturated rings. The minimum absolute atomic E-state index is 0.590. The highest BCUT2D eigenvalue weighted by molar-refractivity contribution is 5.24. The second-order valence-electron chi connectivity index (χ2n) is 1.85. The van der Waals surface area contributed by atoms with E-state index >= 15 is 0 Å². The fraction of sp³-hybridized carbons (Fsp3) is 0.250. The number of hydrogen-bond acceptors (Lipinski definition) is 1. The van der Waals surface area contributed by atoms with Crippen molar-refractivity contribution in [2.75, 3.05) is 0 Å². The van der Waals surface area contributed by atoms with E-state index in [1.54, 1.807) is 6.08 Å². The van der Waals surface area contributed by atoms with Gasteiger partial charge < -0.3 is 5.73 Å². The highest BCUT2D eigenvalue weighted by Gasteiger charge is 1.84. The first kappa shape index (κ1) is 8.02. The van der Waals surface area contributed by atoms with Gasteiger partial charge in [0.25, 0.3) is 0 Å². The first-order valence-electron chi connectivity index (χ1n) is 2.98. The van der Waals surface area contributed by atoms with Crippen molar-refractivity contribution in [1.29, 1.82) is 0 Å². The van der Waals surface area contributed by atoms with Crippen molar-refractivity contribution in [2.24, 2.45) is 5.73 Å². The number of allylic oxidation sites excluding steroid dienone is 3. The monoisotopic (exact) mass is 123 g/mol. The summed E-state index contributed by atoms with van der Waals surface area (Å²) in [5, 5.41) is 0. The third kappa shape index (κ3) is 3.59. The van der Waals surface area contributed by atoms with Crippen LogP contribution in [0.2, 0.25) is 0 Å². The average Bonchev–Trinajstić information content (AvgIpc) is 1.82. The van der Waals surface area contributed by atoms with Crippen molar-refractivity contribution in [1.82, 2.24) is 0 Å². The van der Waals surface area contributed by atoms with Crippen LogP contribution in [0.5, 0.6) is 0 Å². The molecule has 0 spiro atoms. The summed E-state index contributed by atoms with van der Waals surface area (Å²) in [6.45, 7) is 9.22. The summed E-state index contributed by atoms with van der Waals surface area (Å²) in [6, 6.07) is 0. The van der Waals surface area contributed by atoms with Crippen LogP contribution in [-0.4, -0.2) is 0 Å². The zero-order chi connectivity index (χ0) is 7.28. The Kier molecular flexibility index (Phi) is 3.52. The Morgan fingerprint density at radius 3 is 2.33 bits per heavy atom. The quantitative estimate of drug-likeness (QED) is 0.570. The van der Waals surface area contributed by atoms with Crippen LogP contribution in [0, 0.1) is 0 Å². The SMILES string of the molecule is C=C/C(=C\C(=C)N)CC. The smallest absolute Gasteiger partial charge is 0.0243 e. The van der Waals surface area contributed by atoms with Crippen LogP contribution in [0.3, 0.4) is 0 Å². The molecule has 0 rings (SSSR count). The van der Waals surface area contributed by atoms with Crippen molar-refractivity contribution in [3.8, 4) is 0 Å². The molecule has 9 heavy (non-hydrogen) atoms. The van der Waals surface area contributed by atoms with E-state index in [0.717, 1.165) is 12.0 Å². The van der Waals surface area contributed by atoms with Gasteiger partial charge in [-0.15, -0.1) is 0 Å². The number of hydrogen-bond donors (Lipinski definition) is 1. The van der Waals surface area contributed by atoms with Gasteiger partial charge in [-0.2, -0.15) is 0 Å². The van der Waals surface area contributed by atoms with E-state index in [1.807, 2.05) is 6.08 Å². The topological polar surface area (TPSA) is 26.0 Å². The van der Waals surface area contributed by atoms with Crippen LogP contribution in [-0.2, 0) is 0 Å². The molecule has 0 amide bonds. The molecule has 0 aromatic carbocycles. The molecule has 0 aliphatic heterocycles. The lowest BCUT2D eigenvalue weighted by Gasteiger charge is -1.93. The Hall–Kier alpha value is -0.980. The van der Waals surface area contributed by atoms with E-state index in [1.165, 1.54) is 0 Å². The molecule has 50 valence electrons. The standard InChI is InChI=1S/C8H13N/c1-4-8(5-2)6-7(3)9/h4,6H,1,3,5,9H2,2H3/b8-6+. The van der Waals surface area contributed by atoms with Gasteiger partial charge in [0.05, 0.1) is 0 Å². The minimum Gasteiger partial charge on any atom is -0.399 e. The number of rotatable bonds is 3. The van der Waals surface area contributed by atoms with Crippen LogP contribution < -0.4 is 5.73 Å². The summed E-state index contributed by atoms with van der Waals surface area (Å²) in [5.74, 6) is 0. The Morgan fingerprint density at radius 2 is 2.22 bits per heavy atom. The molecular formula is C8H13N. The van der Waals surface area contributed by atoms with E-state index in [2.05, 4.69) is 20.1 Å². The summed E-state index contributed by atoms with van der Waals surface area (Å²) in [4.78, 5) is 0. The fourth-order valence-corrected chi connectivity index (χ4v) is 0.543. The van der Waals surface area contributed by atoms with Crippen molar-refractivity contribution < 1.29 is 0 Å². The average molecular weight is 123 g/mol. The molecule has 1 nitrogen and oxygen atoms in total. The molecule has 0 saturated carbocycles. The second kappa shape index (κ2) is 3.96. The van der Waals surface area contributed by atoms with Gasteiger partial charge in [-0.25, -0.2) is 0 Å². The van der Waals surface area contributed by atoms with E-state index in [0.29, 0.717) is 5.70 Å². The van der Waals surface area contributed by atoms with Gasteiger partial charge in [-0.05, 0) is 18.1 Å². The van der Waals surface area contributed by atoms with Crippen molar-refractivity contribution in [3.63, 3.8) is 0 Å². The van der Waals surface area contributed by atoms with E-state index < -0.39 is 0 Å². The Balaban J connectivity index is 4.07. The summed E-state index contributed by atoms with van der Waals surface area (Å²) in [5.41, 5.74) is 7.04. The highest BCUT2D eigenvalue weighted by Crippen LogP contribution is 2.01. The first-order chi connectivity index (χ1) is 4.20.